The Morgan fingerprint density at radius 1 is 1.21 bits per heavy atom. The quantitative estimate of drug-likeness (QED) is 0.704. The fourth-order valence-corrected chi connectivity index (χ4v) is 0.715. The van der Waals surface area contributed by atoms with E-state index in [0.717, 1.165) is 12.1 Å². The number of hydrogen-bond acceptors (Lipinski definition) is 2. The Bertz CT molecular complexity index is 294. The van der Waals surface area contributed by atoms with Crippen LogP contribution in [0.3, 0.4) is 0 Å². The van der Waals surface area contributed by atoms with Gasteiger partial charge in [0.25, 0.3) is 6.43 Å². The normalized spacial score (nSPS) is 11.9. The molecule has 0 aromatic carbocycles. The summed E-state index contributed by atoms with van der Waals surface area (Å²) in [5.41, 5.74) is -0.598. The molecule has 1 heterocycles. The molecule has 0 fully saturated rings. The predicted octanol–water partition coefficient (Wildman–Crippen LogP) is 2.92. The van der Waals surface area contributed by atoms with Crippen molar-refractivity contribution in [2.75, 3.05) is 0 Å². The number of pyridine rings is 1. The summed E-state index contributed by atoms with van der Waals surface area (Å²) in [6.45, 7) is 0. The van der Waals surface area contributed by atoms with Crippen molar-refractivity contribution in [2.24, 2.45) is 0 Å². The Labute approximate surface area is 75.3 Å². The molecule has 0 saturated heterocycles. The van der Waals surface area contributed by atoms with Crippen molar-refractivity contribution in [3.8, 4) is 5.75 Å². The number of rotatable bonds is 2. The highest BCUT2D eigenvalue weighted by Gasteiger charge is 2.31. The largest absolute Gasteiger partial charge is 0.573 e. The monoisotopic (exact) mass is 213 g/mol. The highest BCUT2D eigenvalue weighted by atomic mass is 19.4. The molecule has 7 heteroatoms. The third-order valence-corrected chi connectivity index (χ3v) is 1.22. The topological polar surface area (TPSA) is 22.1 Å². The van der Waals surface area contributed by atoms with Crippen molar-refractivity contribution in [1.82, 2.24) is 4.98 Å². The maximum atomic E-state index is 11.9. The molecule has 0 spiro atoms. The molecule has 0 saturated carbocycles. The number of nitrogens with zero attached hydrogens (tertiary/aromatic N) is 1. The van der Waals surface area contributed by atoms with E-state index in [9.17, 15) is 22.0 Å². The van der Waals surface area contributed by atoms with E-state index in [0.29, 0.717) is 6.20 Å². The van der Waals surface area contributed by atoms with Crippen molar-refractivity contribution in [3.05, 3.63) is 24.0 Å². The van der Waals surface area contributed by atoms with Crippen LogP contribution in [0.5, 0.6) is 5.75 Å². The van der Waals surface area contributed by atoms with Gasteiger partial charge in [0, 0.05) is 0 Å². The van der Waals surface area contributed by atoms with Crippen molar-refractivity contribution < 1.29 is 26.7 Å². The molecule has 1 rings (SSSR count). The fourth-order valence-electron chi connectivity index (χ4n) is 0.715. The zero-order chi connectivity index (χ0) is 10.8. The molecule has 1 aromatic rings. The summed E-state index contributed by atoms with van der Waals surface area (Å²) >= 11 is 0. The lowest BCUT2D eigenvalue weighted by Crippen LogP contribution is -2.17. The number of aromatic nitrogens is 1. The van der Waals surface area contributed by atoms with E-state index in [1.54, 1.807) is 0 Å². The van der Waals surface area contributed by atoms with Crippen LogP contribution in [0.25, 0.3) is 0 Å². The van der Waals surface area contributed by atoms with Gasteiger partial charge in [0.1, 0.15) is 11.4 Å². The third kappa shape index (κ3) is 3.15. The second-order valence-corrected chi connectivity index (χ2v) is 2.27. The van der Waals surface area contributed by atoms with Gasteiger partial charge in [-0.05, 0) is 12.1 Å². The molecule has 1 aromatic heterocycles. The molecule has 0 aliphatic heterocycles. The van der Waals surface area contributed by atoms with Gasteiger partial charge < -0.3 is 4.74 Å². The van der Waals surface area contributed by atoms with Crippen LogP contribution in [-0.4, -0.2) is 11.3 Å². The predicted molar refractivity (Wildman–Crippen MR) is 35.9 cm³/mol. The first kappa shape index (κ1) is 10.7. The minimum atomic E-state index is -4.84. The van der Waals surface area contributed by atoms with E-state index in [1.807, 2.05) is 0 Å². The van der Waals surface area contributed by atoms with Crippen molar-refractivity contribution in [3.63, 3.8) is 0 Å². The van der Waals surface area contributed by atoms with Gasteiger partial charge in [0.15, 0.2) is 0 Å². The lowest BCUT2D eigenvalue weighted by molar-refractivity contribution is -0.274. The Morgan fingerprint density at radius 2 is 1.86 bits per heavy atom. The van der Waals surface area contributed by atoms with E-state index in [2.05, 4.69) is 9.72 Å². The van der Waals surface area contributed by atoms with Gasteiger partial charge in [0.2, 0.25) is 0 Å². The van der Waals surface area contributed by atoms with Crippen molar-refractivity contribution in [1.29, 1.82) is 0 Å². The lowest BCUT2D eigenvalue weighted by Gasteiger charge is -2.08. The second-order valence-electron chi connectivity index (χ2n) is 2.27. The Hall–Kier alpha value is -1.40. The van der Waals surface area contributed by atoms with Crippen LogP contribution < -0.4 is 4.74 Å². The summed E-state index contributed by atoms with van der Waals surface area (Å²) in [4.78, 5) is 3.09. The fraction of sp³-hybridized carbons (Fsp3) is 0.286. The Morgan fingerprint density at radius 3 is 2.21 bits per heavy atom. The van der Waals surface area contributed by atoms with Crippen molar-refractivity contribution in [2.45, 2.75) is 12.8 Å². The van der Waals surface area contributed by atoms with Crippen LogP contribution in [0.2, 0.25) is 0 Å². The average molecular weight is 213 g/mol. The van der Waals surface area contributed by atoms with Gasteiger partial charge >= 0.3 is 6.36 Å². The molecule has 0 aliphatic carbocycles. The molecule has 78 valence electrons. The zero-order valence-corrected chi connectivity index (χ0v) is 6.55. The molecule has 2 nitrogen and oxygen atoms in total. The minimum Gasteiger partial charge on any atom is -0.404 e. The number of ether oxygens (including phenoxy) is 1. The molecular weight excluding hydrogens is 209 g/mol. The Kier molecular flexibility index (Phi) is 2.87. The van der Waals surface area contributed by atoms with Gasteiger partial charge in [-0.1, -0.05) is 0 Å². The Balaban J connectivity index is 2.74. The van der Waals surface area contributed by atoms with E-state index in [-0.39, 0.29) is 0 Å². The molecule has 0 aliphatic rings. The SMILES string of the molecule is FC(F)c1ccc(OC(F)(F)F)cn1. The summed E-state index contributed by atoms with van der Waals surface area (Å²) in [5.74, 6) is -0.623. The molecular formula is C7H4F5NO. The first-order valence-electron chi connectivity index (χ1n) is 3.38. The van der Waals surface area contributed by atoms with Gasteiger partial charge in [0.05, 0.1) is 6.20 Å². The number of alkyl halides is 5. The van der Waals surface area contributed by atoms with E-state index in [1.165, 1.54) is 0 Å². The van der Waals surface area contributed by atoms with Gasteiger partial charge in [-0.2, -0.15) is 0 Å². The van der Waals surface area contributed by atoms with Crippen LogP contribution in [0.15, 0.2) is 18.3 Å². The minimum absolute atomic E-state index is 0.592. The smallest absolute Gasteiger partial charge is 0.404 e. The summed E-state index contributed by atoms with van der Waals surface area (Å²) in [6.07, 6.45) is -7.06. The third-order valence-electron chi connectivity index (χ3n) is 1.22. The molecule has 0 amide bonds. The summed E-state index contributed by atoms with van der Waals surface area (Å²) in [7, 11) is 0. The number of hydrogen-bond donors (Lipinski definition) is 0. The summed E-state index contributed by atoms with van der Waals surface area (Å²) < 4.78 is 62.1. The van der Waals surface area contributed by atoms with Crippen LogP contribution in [0, 0.1) is 0 Å². The van der Waals surface area contributed by atoms with Crippen LogP contribution in [0.4, 0.5) is 22.0 Å². The van der Waals surface area contributed by atoms with Gasteiger partial charge in [-0.3, -0.25) is 4.98 Å². The van der Waals surface area contributed by atoms with Crippen molar-refractivity contribution >= 4 is 0 Å². The first-order valence-corrected chi connectivity index (χ1v) is 3.38. The van der Waals surface area contributed by atoms with E-state index in [4.69, 9.17) is 0 Å². The summed E-state index contributed by atoms with van der Waals surface area (Å²) in [6, 6.07) is 1.55. The van der Waals surface area contributed by atoms with E-state index < -0.39 is 24.2 Å². The zero-order valence-electron chi connectivity index (χ0n) is 6.55. The van der Waals surface area contributed by atoms with Gasteiger partial charge in [-0.25, -0.2) is 8.78 Å². The maximum absolute atomic E-state index is 11.9. The lowest BCUT2D eigenvalue weighted by atomic mass is 10.3. The summed E-state index contributed by atoms with van der Waals surface area (Å²) in [5, 5.41) is 0. The molecule has 0 unspecified atom stereocenters. The average Bonchev–Trinajstić information content (AvgIpc) is 2.02. The van der Waals surface area contributed by atoms with Crippen LogP contribution in [-0.2, 0) is 0 Å². The molecule has 14 heavy (non-hydrogen) atoms. The first-order chi connectivity index (χ1) is 6.38. The van der Waals surface area contributed by atoms with Crippen LogP contribution >= 0.6 is 0 Å². The molecule has 0 radical (unpaired) electrons. The van der Waals surface area contributed by atoms with Gasteiger partial charge in [-0.15, -0.1) is 13.2 Å². The van der Waals surface area contributed by atoms with E-state index >= 15 is 0 Å². The number of halogens is 5. The molecule has 0 atom stereocenters. The maximum Gasteiger partial charge on any atom is 0.573 e. The highest BCUT2D eigenvalue weighted by Crippen LogP contribution is 2.23. The standard InChI is InChI=1S/C7H4F5NO/c8-6(9)5-2-1-4(3-13-5)14-7(10,11)12/h1-3,6H. The highest BCUT2D eigenvalue weighted by molar-refractivity contribution is 5.20. The second kappa shape index (κ2) is 3.77. The van der Waals surface area contributed by atoms with Crippen LogP contribution in [0.1, 0.15) is 12.1 Å². The molecule has 0 bridgehead atoms. The molecule has 0 N–H and O–H groups in total.